The molecule has 4 aromatic carbocycles. The van der Waals surface area contributed by atoms with Crippen molar-refractivity contribution in [3.8, 4) is 11.5 Å². The molecule has 2 aliphatic rings. The van der Waals surface area contributed by atoms with Gasteiger partial charge < -0.3 is 20.0 Å². The minimum Gasteiger partial charge on any atom is -0.505 e. The number of aryl methyl sites for hydroxylation is 2. The van der Waals surface area contributed by atoms with Crippen LogP contribution < -0.4 is 9.80 Å². The summed E-state index contributed by atoms with van der Waals surface area (Å²) in [6.45, 7) is 5.63. The molecule has 0 spiro atoms. The molecule has 6 aromatic rings. The Bertz CT molecular complexity index is 2270. The topological polar surface area (TPSA) is 107 Å². The van der Waals surface area contributed by atoms with Crippen LogP contribution in [-0.4, -0.2) is 45.1 Å². The van der Waals surface area contributed by atoms with Crippen molar-refractivity contribution in [1.29, 1.82) is 0 Å². The van der Waals surface area contributed by atoms with Crippen molar-refractivity contribution < 1.29 is 19.8 Å². The second kappa shape index (κ2) is 13.8. The van der Waals surface area contributed by atoms with Crippen LogP contribution in [0.25, 0.3) is 21.8 Å². The number of anilines is 2. The fraction of sp³-hybridized carbons (Fsp3) is 0.220. The van der Waals surface area contributed by atoms with Crippen LogP contribution in [0.15, 0.2) is 97.3 Å². The van der Waals surface area contributed by atoms with Gasteiger partial charge in [0.15, 0.2) is 11.5 Å². The predicted octanol–water partition coefficient (Wildman–Crippen LogP) is 8.84. The Morgan fingerprint density at radius 2 is 1.18 bits per heavy atom. The molecule has 50 heavy (non-hydrogen) atoms. The molecule has 0 radical (unpaired) electrons. The largest absolute Gasteiger partial charge is 0.505 e. The zero-order chi connectivity index (χ0) is 34.9. The van der Waals surface area contributed by atoms with Crippen LogP contribution in [0.5, 0.6) is 11.5 Å². The maximum atomic E-state index is 13.2. The number of amides is 2. The molecule has 4 heterocycles. The van der Waals surface area contributed by atoms with Crippen molar-refractivity contribution in [3.05, 3.63) is 130 Å². The first-order valence-corrected chi connectivity index (χ1v) is 17.3. The summed E-state index contributed by atoms with van der Waals surface area (Å²) in [6, 6.07) is 26.2. The summed E-state index contributed by atoms with van der Waals surface area (Å²) in [4.78, 5) is 38.1. The summed E-state index contributed by atoms with van der Waals surface area (Å²) in [5.41, 5.74) is 6.83. The van der Waals surface area contributed by atoms with E-state index in [1.807, 2.05) is 48.5 Å². The summed E-state index contributed by atoms with van der Waals surface area (Å²) in [7, 11) is 0. The Morgan fingerprint density at radius 1 is 0.680 bits per heavy atom. The molecule has 0 unspecified atom stereocenters. The van der Waals surface area contributed by atoms with Gasteiger partial charge in [-0.1, -0.05) is 61.8 Å². The van der Waals surface area contributed by atoms with Crippen LogP contribution in [0, 0.1) is 0 Å². The Balaban J connectivity index is 0.000000157. The number of halogens is 1. The smallest absolute Gasteiger partial charge is 0.262 e. The number of aromatic hydroxyl groups is 2. The van der Waals surface area contributed by atoms with E-state index in [2.05, 4.69) is 35.9 Å². The van der Waals surface area contributed by atoms with Crippen LogP contribution in [0.3, 0.4) is 0 Å². The molecular formula is C41H37ClN4O4. The Morgan fingerprint density at radius 3 is 1.70 bits per heavy atom. The quantitative estimate of drug-likeness (QED) is 0.193. The van der Waals surface area contributed by atoms with Gasteiger partial charge in [0.05, 0.1) is 11.1 Å². The average Bonchev–Trinajstić information content (AvgIpc) is 3.14. The molecule has 0 saturated heterocycles. The molecule has 0 atom stereocenters. The number of rotatable bonds is 3. The van der Waals surface area contributed by atoms with Gasteiger partial charge in [0.2, 0.25) is 0 Å². The van der Waals surface area contributed by atoms with E-state index in [0.29, 0.717) is 40.6 Å². The SMILES string of the molecule is CC(C)c1ccc2c(c1)CCCN2C(=O)c1ccc2cccnc2c1O.O=C(c1ccc2cccnc2c1O)N1CCCc2cc(Cl)ccc21. The first-order valence-electron chi connectivity index (χ1n) is 16.9. The molecular weight excluding hydrogens is 648 g/mol. The molecule has 2 aromatic heterocycles. The van der Waals surface area contributed by atoms with E-state index in [1.165, 1.54) is 11.1 Å². The lowest BCUT2D eigenvalue weighted by Gasteiger charge is -2.30. The minimum atomic E-state index is -0.219. The molecule has 252 valence electrons. The number of hydrogen-bond donors (Lipinski definition) is 2. The van der Waals surface area contributed by atoms with E-state index < -0.39 is 0 Å². The van der Waals surface area contributed by atoms with Gasteiger partial charge in [-0.3, -0.25) is 19.6 Å². The molecule has 8 rings (SSSR count). The van der Waals surface area contributed by atoms with Gasteiger partial charge >= 0.3 is 0 Å². The minimum absolute atomic E-state index is 0.0426. The Hall–Kier alpha value is -5.47. The highest BCUT2D eigenvalue weighted by Crippen LogP contribution is 2.36. The van der Waals surface area contributed by atoms with Crippen molar-refractivity contribution >= 4 is 56.6 Å². The zero-order valence-corrected chi connectivity index (χ0v) is 28.7. The number of hydrogen-bond acceptors (Lipinski definition) is 6. The number of carbonyl (C=O) groups excluding carboxylic acids is 2. The molecule has 0 aliphatic carbocycles. The van der Waals surface area contributed by atoms with Gasteiger partial charge in [0.1, 0.15) is 11.0 Å². The number of aromatic nitrogens is 2. The van der Waals surface area contributed by atoms with Crippen molar-refractivity contribution in [3.63, 3.8) is 0 Å². The van der Waals surface area contributed by atoms with Crippen molar-refractivity contribution in [2.75, 3.05) is 22.9 Å². The lowest BCUT2D eigenvalue weighted by Crippen LogP contribution is -2.35. The van der Waals surface area contributed by atoms with Gasteiger partial charge in [-0.25, -0.2) is 0 Å². The first-order chi connectivity index (χ1) is 24.2. The van der Waals surface area contributed by atoms with Crippen LogP contribution >= 0.6 is 11.6 Å². The second-order valence-corrected chi connectivity index (χ2v) is 13.4. The van der Waals surface area contributed by atoms with Crippen molar-refractivity contribution in [2.24, 2.45) is 0 Å². The third-order valence-corrected chi connectivity index (χ3v) is 9.73. The lowest BCUT2D eigenvalue weighted by atomic mass is 9.94. The fourth-order valence-electron chi connectivity index (χ4n) is 6.86. The Kier molecular flexibility index (Phi) is 9.12. The highest BCUT2D eigenvalue weighted by Gasteiger charge is 2.28. The van der Waals surface area contributed by atoms with E-state index in [9.17, 15) is 19.8 Å². The third kappa shape index (κ3) is 6.23. The van der Waals surface area contributed by atoms with Crippen LogP contribution in [0.4, 0.5) is 11.4 Å². The number of carbonyl (C=O) groups is 2. The molecule has 2 amide bonds. The predicted molar refractivity (Wildman–Crippen MR) is 199 cm³/mol. The van der Waals surface area contributed by atoms with E-state index in [0.717, 1.165) is 53.4 Å². The molecule has 2 aliphatic heterocycles. The first kappa shape index (κ1) is 33.0. The summed E-state index contributed by atoms with van der Waals surface area (Å²) >= 11 is 6.06. The number of benzene rings is 4. The van der Waals surface area contributed by atoms with Gasteiger partial charge in [-0.15, -0.1) is 0 Å². The third-order valence-electron chi connectivity index (χ3n) is 9.50. The molecule has 0 fully saturated rings. The van der Waals surface area contributed by atoms with Crippen molar-refractivity contribution in [2.45, 2.75) is 45.4 Å². The van der Waals surface area contributed by atoms with Crippen LogP contribution in [0.2, 0.25) is 5.02 Å². The number of phenols is 2. The number of phenolic OH excluding ortho intramolecular Hbond substituents is 2. The maximum absolute atomic E-state index is 13.2. The standard InChI is InChI=1S/C22H22N2O2.C19H15ClN2O2/c1-14(2)16-8-10-19-17(13-16)6-4-12-24(19)22(26)18-9-7-15-5-3-11-23-20(15)21(18)25;20-14-6-8-16-13(11-14)4-2-10-22(16)19(24)15-7-5-12-3-1-9-21-17(12)18(15)23/h3,5,7-11,13-14,25H,4,6,12H2,1-2H3;1,3,5-9,11,23H,2,4,10H2. The molecule has 0 bridgehead atoms. The Labute approximate surface area is 295 Å². The van der Waals surface area contributed by atoms with E-state index in [1.54, 1.807) is 46.5 Å². The maximum Gasteiger partial charge on any atom is 0.262 e. The van der Waals surface area contributed by atoms with Gasteiger partial charge in [-0.05, 0) is 96.8 Å². The van der Waals surface area contributed by atoms with Gasteiger partial charge in [0.25, 0.3) is 11.8 Å². The number of pyridine rings is 2. The summed E-state index contributed by atoms with van der Waals surface area (Å²) < 4.78 is 0. The highest BCUT2D eigenvalue weighted by atomic mass is 35.5. The van der Waals surface area contributed by atoms with E-state index >= 15 is 0 Å². The molecule has 9 heteroatoms. The zero-order valence-electron chi connectivity index (χ0n) is 27.9. The second-order valence-electron chi connectivity index (χ2n) is 13.0. The molecule has 8 nitrogen and oxygen atoms in total. The molecule has 0 saturated carbocycles. The van der Waals surface area contributed by atoms with Gasteiger partial charge in [0, 0.05) is 52.7 Å². The van der Waals surface area contributed by atoms with E-state index in [4.69, 9.17) is 11.6 Å². The summed E-state index contributed by atoms with van der Waals surface area (Å²) in [5, 5.41) is 23.4. The number of nitrogens with zero attached hydrogens (tertiary/aromatic N) is 4. The normalized spacial score (nSPS) is 13.8. The average molecular weight is 685 g/mol. The molecule has 2 N–H and O–H groups in total. The van der Waals surface area contributed by atoms with E-state index in [-0.39, 0.29) is 28.9 Å². The fourth-order valence-corrected chi connectivity index (χ4v) is 7.05. The van der Waals surface area contributed by atoms with Crippen molar-refractivity contribution in [1.82, 2.24) is 9.97 Å². The summed E-state index contributed by atoms with van der Waals surface area (Å²) in [6.07, 6.45) is 6.89. The lowest BCUT2D eigenvalue weighted by molar-refractivity contribution is 0.0974. The van der Waals surface area contributed by atoms with Gasteiger partial charge in [-0.2, -0.15) is 0 Å². The number of fused-ring (bicyclic) bond motifs is 4. The highest BCUT2D eigenvalue weighted by molar-refractivity contribution is 6.30. The summed E-state index contributed by atoms with van der Waals surface area (Å²) in [5.74, 6) is -0.0446. The van der Waals surface area contributed by atoms with Crippen LogP contribution in [0.1, 0.15) is 70.0 Å². The van der Waals surface area contributed by atoms with Crippen LogP contribution in [-0.2, 0) is 12.8 Å². The monoisotopic (exact) mass is 684 g/mol.